The molecule has 0 saturated carbocycles. The Morgan fingerprint density at radius 2 is 2.00 bits per heavy atom. The largest absolute Gasteiger partial charge is 0.381 e. The number of hydrogen-bond donors (Lipinski definition) is 2. The molecule has 0 amide bonds. The van der Waals surface area contributed by atoms with Gasteiger partial charge in [0.05, 0.1) is 13.2 Å². The van der Waals surface area contributed by atoms with E-state index in [9.17, 15) is 0 Å². The zero-order valence-electron chi connectivity index (χ0n) is 17.5. The van der Waals surface area contributed by atoms with E-state index in [1.165, 1.54) is 19.5 Å². The van der Waals surface area contributed by atoms with Gasteiger partial charge in [-0.15, -0.1) is 24.0 Å². The van der Waals surface area contributed by atoms with Crippen LogP contribution in [0.3, 0.4) is 0 Å². The van der Waals surface area contributed by atoms with Crippen molar-refractivity contribution < 1.29 is 9.47 Å². The Kier molecular flexibility index (Phi) is 13.7. The maximum atomic E-state index is 5.74. The molecule has 3 unspecified atom stereocenters. The lowest BCUT2D eigenvalue weighted by Gasteiger charge is -2.35. The molecular weight excluding hydrogens is 455 g/mol. The quantitative estimate of drug-likeness (QED) is 0.211. The van der Waals surface area contributed by atoms with Crippen LogP contribution in [-0.2, 0) is 9.47 Å². The van der Waals surface area contributed by atoms with E-state index in [0.717, 1.165) is 83.2 Å². The zero-order chi connectivity index (χ0) is 18.6. The summed E-state index contributed by atoms with van der Waals surface area (Å²) in [6.07, 6.45) is 3.47. The van der Waals surface area contributed by atoms with Crippen LogP contribution in [0.1, 0.15) is 40.0 Å². The normalized spacial score (nSPS) is 26.6. The van der Waals surface area contributed by atoms with E-state index in [4.69, 9.17) is 9.47 Å². The third kappa shape index (κ3) is 10.9. The average molecular weight is 496 g/mol. The average Bonchev–Trinajstić information content (AvgIpc) is 3.10. The number of guanidine groups is 1. The van der Waals surface area contributed by atoms with Crippen LogP contribution in [-0.4, -0.2) is 76.6 Å². The van der Waals surface area contributed by atoms with Crippen molar-refractivity contribution in [3.05, 3.63) is 0 Å². The summed E-state index contributed by atoms with van der Waals surface area (Å²) in [4.78, 5) is 7.25. The molecule has 2 heterocycles. The van der Waals surface area contributed by atoms with Crippen LogP contribution in [0.5, 0.6) is 0 Å². The fraction of sp³-hybridized carbons (Fsp3) is 0.950. The first-order valence-corrected chi connectivity index (χ1v) is 10.6. The minimum Gasteiger partial charge on any atom is -0.381 e. The Hall–Kier alpha value is -0.120. The molecular formula is C20H41IN4O2. The Bertz CT molecular complexity index is 395. The first-order valence-electron chi connectivity index (χ1n) is 10.6. The molecule has 6 nitrogen and oxygen atoms in total. The molecule has 0 radical (unpaired) electrons. The molecule has 2 fully saturated rings. The van der Waals surface area contributed by atoms with Crippen molar-refractivity contribution in [2.75, 3.05) is 65.7 Å². The lowest BCUT2D eigenvalue weighted by Crippen LogP contribution is -2.45. The fourth-order valence-corrected chi connectivity index (χ4v) is 3.97. The molecule has 2 aliphatic heterocycles. The number of nitrogens with zero attached hydrogens (tertiary/aromatic N) is 2. The zero-order valence-corrected chi connectivity index (χ0v) is 19.9. The molecule has 0 bridgehead atoms. The van der Waals surface area contributed by atoms with Gasteiger partial charge in [0.25, 0.3) is 0 Å². The number of rotatable bonds is 10. The molecule has 0 aromatic carbocycles. The van der Waals surface area contributed by atoms with Gasteiger partial charge >= 0.3 is 0 Å². The molecule has 0 aliphatic carbocycles. The van der Waals surface area contributed by atoms with E-state index < -0.39 is 0 Å². The Balaban J connectivity index is 0.00000364. The van der Waals surface area contributed by atoms with Gasteiger partial charge in [0.2, 0.25) is 0 Å². The molecule has 27 heavy (non-hydrogen) atoms. The second-order valence-corrected chi connectivity index (χ2v) is 8.05. The van der Waals surface area contributed by atoms with Crippen LogP contribution in [0.15, 0.2) is 4.99 Å². The van der Waals surface area contributed by atoms with Gasteiger partial charge in [-0.25, -0.2) is 0 Å². The summed E-state index contributed by atoms with van der Waals surface area (Å²) in [5.74, 6) is 3.15. The van der Waals surface area contributed by atoms with Gasteiger partial charge in [0.1, 0.15) is 0 Å². The number of halogens is 1. The van der Waals surface area contributed by atoms with E-state index in [2.05, 4.69) is 41.3 Å². The predicted octanol–water partition coefficient (Wildman–Crippen LogP) is 2.58. The molecule has 0 spiro atoms. The van der Waals surface area contributed by atoms with Crippen molar-refractivity contribution in [3.63, 3.8) is 0 Å². The number of nitrogens with one attached hydrogen (secondary N) is 2. The van der Waals surface area contributed by atoms with Gasteiger partial charge in [-0.3, -0.25) is 4.99 Å². The Morgan fingerprint density at radius 3 is 2.67 bits per heavy atom. The maximum absolute atomic E-state index is 5.74. The van der Waals surface area contributed by atoms with Crippen molar-refractivity contribution in [2.24, 2.45) is 22.7 Å². The lowest BCUT2D eigenvalue weighted by molar-refractivity contribution is 0.0893. The second-order valence-electron chi connectivity index (χ2n) is 8.05. The van der Waals surface area contributed by atoms with Crippen LogP contribution in [0.2, 0.25) is 0 Å². The summed E-state index contributed by atoms with van der Waals surface area (Å²) in [6, 6.07) is 0. The first-order chi connectivity index (χ1) is 12.7. The number of aliphatic imine (C=N–C) groups is 1. The Morgan fingerprint density at radius 1 is 1.22 bits per heavy atom. The topological polar surface area (TPSA) is 58.1 Å². The monoisotopic (exact) mass is 496 g/mol. The van der Waals surface area contributed by atoms with E-state index in [1.807, 2.05) is 0 Å². The highest BCUT2D eigenvalue weighted by Gasteiger charge is 2.21. The lowest BCUT2D eigenvalue weighted by atomic mass is 9.92. The van der Waals surface area contributed by atoms with Crippen LogP contribution < -0.4 is 10.6 Å². The maximum Gasteiger partial charge on any atom is 0.191 e. The molecule has 2 aliphatic rings. The molecule has 2 saturated heterocycles. The summed E-state index contributed by atoms with van der Waals surface area (Å²) in [5.41, 5.74) is 0. The van der Waals surface area contributed by atoms with Crippen molar-refractivity contribution in [3.8, 4) is 0 Å². The van der Waals surface area contributed by atoms with Gasteiger partial charge in [-0.2, -0.15) is 0 Å². The smallest absolute Gasteiger partial charge is 0.191 e. The van der Waals surface area contributed by atoms with Crippen molar-refractivity contribution in [1.82, 2.24) is 15.5 Å². The number of ether oxygens (including phenoxy) is 2. The first kappa shape index (κ1) is 24.9. The highest BCUT2D eigenvalue weighted by atomic mass is 127. The van der Waals surface area contributed by atoms with Gasteiger partial charge in [-0.1, -0.05) is 13.8 Å². The third-order valence-electron chi connectivity index (χ3n) is 5.10. The minimum absolute atomic E-state index is 0. The van der Waals surface area contributed by atoms with E-state index in [1.54, 1.807) is 0 Å². The van der Waals surface area contributed by atoms with Gasteiger partial charge < -0.3 is 25.0 Å². The minimum atomic E-state index is 0. The number of likely N-dealkylation sites (tertiary alicyclic amines) is 1. The van der Waals surface area contributed by atoms with Crippen molar-refractivity contribution >= 4 is 29.9 Å². The molecule has 2 rings (SSSR count). The van der Waals surface area contributed by atoms with Gasteiger partial charge in [0.15, 0.2) is 5.96 Å². The van der Waals surface area contributed by atoms with Crippen LogP contribution in [0.4, 0.5) is 0 Å². The highest BCUT2D eigenvalue weighted by molar-refractivity contribution is 14.0. The molecule has 7 heteroatoms. The molecule has 0 aromatic heterocycles. The van der Waals surface area contributed by atoms with E-state index in [0.29, 0.717) is 5.92 Å². The summed E-state index contributed by atoms with van der Waals surface area (Å²) >= 11 is 0. The summed E-state index contributed by atoms with van der Waals surface area (Å²) in [5, 5.41) is 6.81. The van der Waals surface area contributed by atoms with Gasteiger partial charge in [0, 0.05) is 58.4 Å². The number of hydrogen-bond acceptors (Lipinski definition) is 4. The van der Waals surface area contributed by atoms with E-state index >= 15 is 0 Å². The summed E-state index contributed by atoms with van der Waals surface area (Å²) < 4.78 is 11.1. The molecule has 2 N–H and O–H groups in total. The second kappa shape index (κ2) is 14.8. The summed E-state index contributed by atoms with van der Waals surface area (Å²) in [7, 11) is 0. The van der Waals surface area contributed by atoms with Crippen molar-refractivity contribution in [2.45, 2.75) is 40.0 Å². The van der Waals surface area contributed by atoms with Crippen LogP contribution in [0, 0.1) is 17.8 Å². The van der Waals surface area contributed by atoms with Crippen molar-refractivity contribution in [1.29, 1.82) is 0 Å². The predicted molar refractivity (Wildman–Crippen MR) is 123 cm³/mol. The van der Waals surface area contributed by atoms with Gasteiger partial charge in [-0.05, 0) is 38.0 Å². The Labute approximate surface area is 183 Å². The van der Waals surface area contributed by atoms with Crippen LogP contribution >= 0.6 is 24.0 Å². The number of piperidine rings is 1. The SMILES string of the molecule is CCNC(=NCCCOCC1CCOC1)NCCN1CC(C)CC(C)C1.I. The van der Waals surface area contributed by atoms with E-state index in [-0.39, 0.29) is 24.0 Å². The highest BCUT2D eigenvalue weighted by Crippen LogP contribution is 2.20. The molecule has 3 atom stereocenters. The molecule has 0 aromatic rings. The summed E-state index contributed by atoms with van der Waals surface area (Å²) in [6.45, 7) is 16.4. The molecule has 160 valence electrons. The third-order valence-corrected chi connectivity index (χ3v) is 5.10. The van der Waals surface area contributed by atoms with Crippen LogP contribution in [0.25, 0.3) is 0 Å². The fourth-order valence-electron chi connectivity index (χ4n) is 3.97. The standard InChI is InChI=1S/C20H40N4O2.HI/c1-4-21-20(22-7-5-10-25-15-19-6-11-26-16-19)23-8-9-24-13-17(2)12-18(3)14-24;/h17-19H,4-16H2,1-3H3,(H2,21,22,23);1H.